The Hall–Kier alpha value is -0.850. The van der Waals surface area contributed by atoms with Crippen LogP contribution in [0.5, 0.6) is 0 Å². The molecule has 0 fully saturated rings. The minimum atomic E-state index is 0.223. The summed E-state index contributed by atoms with van der Waals surface area (Å²) < 4.78 is 0. The predicted octanol–water partition coefficient (Wildman–Crippen LogP) is 2.88. The number of rotatable bonds is 3. The smallest absolute Gasteiger partial charge is 0.129 e. The van der Waals surface area contributed by atoms with Gasteiger partial charge in [0.05, 0.1) is 0 Å². The molecular weight excluding hydrogens is 148 g/mol. The van der Waals surface area contributed by atoms with Gasteiger partial charge in [-0.2, -0.15) is 0 Å². The van der Waals surface area contributed by atoms with Crippen LogP contribution in [0.3, 0.4) is 0 Å². The average molecular weight is 164 g/mol. The van der Waals surface area contributed by atoms with Crippen molar-refractivity contribution in [3.63, 3.8) is 0 Å². The normalized spacial score (nSPS) is 27.5. The molecule has 0 aromatic rings. The molecule has 0 bridgehead atoms. The topological polar surface area (TPSA) is 17.1 Å². The van der Waals surface area contributed by atoms with Crippen molar-refractivity contribution < 1.29 is 4.79 Å². The standard InChI is InChI=1S/C11H16O/c1-10(12)6-9-11(2)7-4-3-5-8-11/h3-5,7H,6,8-9H2,1-2H3. The molecule has 0 radical (unpaired) electrons. The second-order valence-corrected chi connectivity index (χ2v) is 3.85. The van der Waals surface area contributed by atoms with E-state index < -0.39 is 0 Å². The fourth-order valence-corrected chi connectivity index (χ4v) is 1.42. The highest BCUT2D eigenvalue weighted by atomic mass is 16.1. The summed E-state index contributed by atoms with van der Waals surface area (Å²) in [5.74, 6) is 0.291. The van der Waals surface area contributed by atoms with Crippen molar-refractivity contribution in [3.05, 3.63) is 24.3 Å². The van der Waals surface area contributed by atoms with E-state index in [1.165, 1.54) is 0 Å². The third-order valence-electron chi connectivity index (χ3n) is 2.38. The van der Waals surface area contributed by atoms with Crippen LogP contribution in [0.2, 0.25) is 0 Å². The quantitative estimate of drug-likeness (QED) is 0.626. The van der Waals surface area contributed by atoms with Gasteiger partial charge in [-0.05, 0) is 25.2 Å². The van der Waals surface area contributed by atoms with Gasteiger partial charge in [0.25, 0.3) is 0 Å². The second-order valence-electron chi connectivity index (χ2n) is 3.85. The van der Waals surface area contributed by atoms with Gasteiger partial charge in [-0.1, -0.05) is 31.2 Å². The van der Waals surface area contributed by atoms with Crippen molar-refractivity contribution in [2.75, 3.05) is 0 Å². The molecule has 1 atom stereocenters. The number of allylic oxidation sites excluding steroid dienone is 4. The van der Waals surface area contributed by atoms with Crippen molar-refractivity contribution in [2.45, 2.75) is 33.1 Å². The van der Waals surface area contributed by atoms with Gasteiger partial charge in [-0.25, -0.2) is 0 Å². The number of hydrogen-bond acceptors (Lipinski definition) is 1. The largest absolute Gasteiger partial charge is 0.300 e. The molecule has 1 unspecified atom stereocenters. The van der Waals surface area contributed by atoms with Crippen LogP contribution in [0.4, 0.5) is 0 Å². The molecule has 1 nitrogen and oxygen atoms in total. The molecule has 1 aliphatic rings. The molecule has 0 aliphatic heterocycles. The van der Waals surface area contributed by atoms with Gasteiger partial charge in [0.15, 0.2) is 0 Å². The lowest BCUT2D eigenvalue weighted by atomic mass is 9.79. The molecule has 0 saturated heterocycles. The SMILES string of the molecule is CC(=O)CCC1(C)C=CC=CC1. The van der Waals surface area contributed by atoms with Gasteiger partial charge < -0.3 is 4.79 Å². The van der Waals surface area contributed by atoms with Crippen LogP contribution in [0.15, 0.2) is 24.3 Å². The van der Waals surface area contributed by atoms with Crippen LogP contribution in [0.25, 0.3) is 0 Å². The Kier molecular flexibility index (Phi) is 2.85. The molecule has 0 amide bonds. The highest BCUT2D eigenvalue weighted by Crippen LogP contribution is 2.32. The van der Waals surface area contributed by atoms with Crippen LogP contribution in [0, 0.1) is 5.41 Å². The number of hydrogen-bond donors (Lipinski definition) is 0. The summed E-state index contributed by atoms with van der Waals surface area (Å²) in [6, 6.07) is 0. The van der Waals surface area contributed by atoms with E-state index in [0.717, 1.165) is 12.8 Å². The summed E-state index contributed by atoms with van der Waals surface area (Å²) in [5.41, 5.74) is 0.223. The van der Waals surface area contributed by atoms with Crippen LogP contribution in [-0.4, -0.2) is 5.78 Å². The van der Waals surface area contributed by atoms with Gasteiger partial charge in [0, 0.05) is 6.42 Å². The summed E-state index contributed by atoms with van der Waals surface area (Å²) in [6.07, 6.45) is 11.3. The van der Waals surface area contributed by atoms with Gasteiger partial charge >= 0.3 is 0 Å². The zero-order valence-electron chi connectivity index (χ0n) is 7.84. The zero-order valence-corrected chi connectivity index (χ0v) is 7.84. The molecular formula is C11H16O. The van der Waals surface area contributed by atoms with Crippen LogP contribution < -0.4 is 0 Å². The van der Waals surface area contributed by atoms with Gasteiger partial charge in [-0.15, -0.1) is 0 Å². The maximum atomic E-state index is 10.8. The Balaban J connectivity index is 2.44. The fourth-order valence-electron chi connectivity index (χ4n) is 1.42. The van der Waals surface area contributed by atoms with E-state index in [4.69, 9.17) is 0 Å². The Morgan fingerprint density at radius 3 is 2.75 bits per heavy atom. The summed E-state index contributed by atoms with van der Waals surface area (Å²) in [7, 11) is 0. The molecule has 0 heterocycles. The van der Waals surface area contributed by atoms with Crippen LogP contribution in [0.1, 0.15) is 33.1 Å². The van der Waals surface area contributed by atoms with Gasteiger partial charge in [0.2, 0.25) is 0 Å². The van der Waals surface area contributed by atoms with Crippen LogP contribution in [-0.2, 0) is 4.79 Å². The van der Waals surface area contributed by atoms with Crippen molar-refractivity contribution in [1.82, 2.24) is 0 Å². The minimum Gasteiger partial charge on any atom is -0.300 e. The molecule has 1 aliphatic carbocycles. The first-order valence-electron chi connectivity index (χ1n) is 4.46. The number of Topliss-reactive ketones (excluding diaryl/α,β-unsaturated/α-hetero) is 1. The maximum Gasteiger partial charge on any atom is 0.129 e. The van der Waals surface area contributed by atoms with E-state index in [0.29, 0.717) is 12.2 Å². The summed E-state index contributed by atoms with van der Waals surface area (Å²) in [4.78, 5) is 10.8. The minimum absolute atomic E-state index is 0.223. The first-order chi connectivity index (χ1) is 5.62. The van der Waals surface area contributed by atoms with E-state index in [1.54, 1.807) is 6.92 Å². The molecule has 0 saturated carbocycles. The molecule has 0 N–H and O–H groups in total. The van der Waals surface area contributed by atoms with E-state index >= 15 is 0 Å². The Bertz CT molecular complexity index is 225. The second kappa shape index (κ2) is 3.70. The van der Waals surface area contributed by atoms with E-state index in [2.05, 4.69) is 31.2 Å². The van der Waals surface area contributed by atoms with Gasteiger partial charge in [-0.3, -0.25) is 0 Å². The van der Waals surface area contributed by atoms with E-state index in [-0.39, 0.29) is 5.41 Å². The highest BCUT2D eigenvalue weighted by molar-refractivity contribution is 5.75. The highest BCUT2D eigenvalue weighted by Gasteiger charge is 2.20. The predicted molar refractivity (Wildman–Crippen MR) is 50.9 cm³/mol. The zero-order chi connectivity index (χ0) is 9.03. The van der Waals surface area contributed by atoms with E-state index in [9.17, 15) is 4.79 Å². The summed E-state index contributed by atoms with van der Waals surface area (Å²) >= 11 is 0. The number of carbonyl (C=O) groups excluding carboxylic acids is 1. The van der Waals surface area contributed by atoms with E-state index in [1.807, 2.05) is 0 Å². The third kappa shape index (κ3) is 2.65. The number of ketones is 1. The van der Waals surface area contributed by atoms with Crippen molar-refractivity contribution in [3.8, 4) is 0 Å². The lowest BCUT2D eigenvalue weighted by Crippen LogP contribution is -2.14. The Morgan fingerprint density at radius 1 is 1.50 bits per heavy atom. The molecule has 66 valence electrons. The monoisotopic (exact) mass is 164 g/mol. The summed E-state index contributed by atoms with van der Waals surface area (Å²) in [6.45, 7) is 3.86. The van der Waals surface area contributed by atoms with Gasteiger partial charge in [0.1, 0.15) is 5.78 Å². The molecule has 0 aromatic carbocycles. The lowest BCUT2D eigenvalue weighted by Gasteiger charge is -2.25. The van der Waals surface area contributed by atoms with Crippen molar-refractivity contribution >= 4 is 5.78 Å². The molecule has 1 rings (SSSR count). The van der Waals surface area contributed by atoms with Crippen molar-refractivity contribution in [1.29, 1.82) is 0 Å². The maximum absolute atomic E-state index is 10.8. The first-order valence-corrected chi connectivity index (χ1v) is 4.46. The first kappa shape index (κ1) is 9.24. The van der Waals surface area contributed by atoms with Crippen molar-refractivity contribution in [2.24, 2.45) is 5.41 Å². The Labute approximate surface area is 74.2 Å². The summed E-state index contributed by atoms with van der Waals surface area (Å²) in [5, 5.41) is 0. The Morgan fingerprint density at radius 2 is 2.25 bits per heavy atom. The molecule has 1 heteroatoms. The molecule has 0 aromatic heterocycles. The van der Waals surface area contributed by atoms with Crippen LogP contribution >= 0.6 is 0 Å². The molecule has 12 heavy (non-hydrogen) atoms. The fraction of sp³-hybridized carbons (Fsp3) is 0.545. The number of carbonyl (C=O) groups is 1. The third-order valence-corrected chi connectivity index (χ3v) is 2.38. The lowest BCUT2D eigenvalue weighted by molar-refractivity contribution is -0.117. The average Bonchev–Trinajstić information content (AvgIpc) is 2.03. The molecule has 0 spiro atoms.